The lowest BCUT2D eigenvalue weighted by Crippen LogP contribution is -2.34. The highest BCUT2D eigenvalue weighted by Crippen LogP contribution is 2.20. The first-order valence-corrected chi connectivity index (χ1v) is 8.94. The lowest BCUT2D eigenvalue weighted by Gasteiger charge is -2.16. The van der Waals surface area contributed by atoms with Crippen LogP contribution in [0, 0.1) is 20.8 Å². The van der Waals surface area contributed by atoms with E-state index in [1.54, 1.807) is 18.2 Å². The molecule has 1 aromatic heterocycles. The van der Waals surface area contributed by atoms with Crippen LogP contribution in [0.1, 0.15) is 71.6 Å². The molecule has 0 saturated carbocycles. The molecule has 1 unspecified atom stereocenters. The van der Waals surface area contributed by atoms with Crippen LogP contribution in [0.3, 0.4) is 0 Å². The van der Waals surface area contributed by atoms with Crippen molar-refractivity contribution in [1.29, 1.82) is 0 Å². The van der Waals surface area contributed by atoms with Crippen LogP contribution in [-0.2, 0) is 4.79 Å². The molecule has 0 aliphatic rings. The van der Waals surface area contributed by atoms with Crippen molar-refractivity contribution in [3.8, 4) is 0 Å². The molecular formula is C20H27N3O3. The van der Waals surface area contributed by atoms with Gasteiger partial charge in [0.05, 0.1) is 6.04 Å². The highest BCUT2D eigenvalue weighted by Gasteiger charge is 2.25. The molecule has 140 valence electrons. The Balaban J connectivity index is 2.28. The Bertz CT molecular complexity index is 786. The van der Waals surface area contributed by atoms with E-state index in [1.165, 1.54) is 0 Å². The summed E-state index contributed by atoms with van der Waals surface area (Å²) < 4.78 is 1.85. The number of hydrogen-bond donors (Lipinski definition) is 2. The van der Waals surface area contributed by atoms with E-state index < -0.39 is 17.9 Å². The topological polar surface area (TPSA) is 84.2 Å². The Labute approximate surface area is 154 Å². The van der Waals surface area contributed by atoms with Crippen molar-refractivity contribution in [2.24, 2.45) is 0 Å². The number of aromatic nitrogens is 2. The van der Waals surface area contributed by atoms with Crippen LogP contribution in [0.15, 0.2) is 24.3 Å². The Morgan fingerprint density at radius 3 is 2.15 bits per heavy atom. The van der Waals surface area contributed by atoms with Gasteiger partial charge in [-0.15, -0.1) is 0 Å². The number of rotatable bonds is 7. The van der Waals surface area contributed by atoms with Crippen LogP contribution in [0.4, 0.5) is 0 Å². The first-order chi connectivity index (χ1) is 12.3. The highest BCUT2D eigenvalue weighted by atomic mass is 16.4. The van der Waals surface area contributed by atoms with E-state index in [0.29, 0.717) is 5.56 Å². The fourth-order valence-corrected chi connectivity index (χ4v) is 3.27. The molecule has 26 heavy (non-hydrogen) atoms. The van der Waals surface area contributed by atoms with Gasteiger partial charge in [0, 0.05) is 5.69 Å². The zero-order valence-electron chi connectivity index (χ0n) is 16.0. The summed E-state index contributed by atoms with van der Waals surface area (Å²) in [5.41, 5.74) is 3.59. The van der Waals surface area contributed by atoms with Crippen molar-refractivity contribution in [2.75, 3.05) is 0 Å². The minimum Gasteiger partial charge on any atom is -0.479 e. The summed E-state index contributed by atoms with van der Waals surface area (Å²) >= 11 is 0. The third-order valence-corrected chi connectivity index (χ3v) is 4.54. The average molecular weight is 357 g/mol. The smallest absolute Gasteiger partial charge is 0.330 e. The van der Waals surface area contributed by atoms with Crippen molar-refractivity contribution in [3.63, 3.8) is 0 Å². The van der Waals surface area contributed by atoms with Crippen LogP contribution in [-0.4, -0.2) is 26.8 Å². The Morgan fingerprint density at radius 2 is 1.65 bits per heavy atom. The molecule has 0 radical (unpaired) electrons. The number of nitrogens with zero attached hydrogens (tertiary/aromatic N) is 2. The van der Waals surface area contributed by atoms with Crippen LogP contribution in [0.25, 0.3) is 0 Å². The number of carbonyl (C=O) groups excluding carboxylic acids is 1. The molecule has 1 aromatic carbocycles. The van der Waals surface area contributed by atoms with Crippen LogP contribution >= 0.6 is 0 Å². The number of carbonyl (C=O) groups is 2. The lowest BCUT2D eigenvalue weighted by atomic mass is 10.0. The van der Waals surface area contributed by atoms with E-state index in [9.17, 15) is 14.7 Å². The maximum Gasteiger partial charge on any atom is 0.330 e. The van der Waals surface area contributed by atoms with E-state index in [-0.39, 0.29) is 11.7 Å². The quantitative estimate of drug-likeness (QED) is 0.791. The Hall–Kier alpha value is -2.63. The van der Waals surface area contributed by atoms with E-state index in [4.69, 9.17) is 0 Å². The van der Waals surface area contributed by atoms with Gasteiger partial charge in [0.1, 0.15) is 5.69 Å². The van der Waals surface area contributed by atoms with Crippen LogP contribution in [0.5, 0.6) is 0 Å². The molecule has 6 heteroatoms. The predicted molar refractivity (Wildman–Crippen MR) is 100 cm³/mol. The summed E-state index contributed by atoms with van der Waals surface area (Å²) in [7, 11) is 0. The summed E-state index contributed by atoms with van der Waals surface area (Å²) in [4.78, 5) is 24.3. The molecule has 0 aliphatic heterocycles. The number of benzene rings is 1. The molecule has 1 atom stereocenters. The standard InChI is InChI=1S/C20H27N3O3/c1-6-16(7-2)23-14(5)11-17(22-23)19(24)21-18(20(25)26)15-9-12(3)8-13(4)10-15/h8-11,16,18H,6-7H2,1-5H3,(H,21,24)(H,25,26). The van der Waals surface area contributed by atoms with Crippen molar-refractivity contribution >= 4 is 11.9 Å². The van der Waals surface area contributed by atoms with Gasteiger partial charge in [0.15, 0.2) is 6.04 Å². The predicted octanol–water partition coefficient (Wildman–Crippen LogP) is 3.73. The second-order valence-electron chi connectivity index (χ2n) is 6.75. The minimum absolute atomic E-state index is 0.228. The molecule has 0 fully saturated rings. The van der Waals surface area contributed by atoms with Gasteiger partial charge in [-0.2, -0.15) is 5.10 Å². The van der Waals surface area contributed by atoms with Crippen molar-refractivity contribution in [1.82, 2.24) is 15.1 Å². The van der Waals surface area contributed by atoms with Crippen molar-refractivity contribution < 1.29 is 14.7 Å². The van der Waals surface area contributed by atoms with Crippen molar-refractivity contribution in [3.05, 3.63) is 52.3 Å². The summed E-state index contributed by atoms with van der Waals surface area (Å²) in [6.45, 7) is 9.86. The summed E-state index contributed by atoms with van der Waals surface area (Å²) in [6.07, 6.45) is 1.83. The lowest BCUT2D eigenvalue weighted by molar-refractivity contribution is -0.139. The molecule has 1 heterocycles. The fraction of sp³-hybridized carbons (Fsp3) is 0.450. The van der Waals surface area contributed by atoms with Gasteiger partial charge < -0.3 is 10.4 Å². The molecule has 0 saturated heterocycles. The zero-order valence-corrected chi connectivity index (χ0v) is 16.0. The van der Waals surface area contributed by atoms with Gasteiger partial charge in [-0.25, -0.2) is 4.79 Å². The third-order valence-electron chi connectivity index (χ3n) is 4.54. The summed E-state index contributed by atoms with van der Waals surface area (Å²) in [6, 6.07) is 6.34. The number of amides is 1. The Kier molecular flexibility index (Phi) is 6.18. The first-order valence-electron chi connectivity index (χ1n) is 8.94. The second kappa shape index (κ2) is 8.17. The van der Waals surface area contributed by atoms with Gasteiger partial charge in [-0.05, 0) is 45.2 Å². The molecule has 2 rings (SSSR count). The van der Waals surface area contributed by atoms with Crippen LogP contribution < -0.4 is 5.32 Å². The number of carboxylic acids is 1. The van der Waals surface area contributed by atoms with Gasteiger partial charge >= 0.3 is 5.97 Å². The molecular weight excluding hydrogens is 330 g/mol. The molecule has 2 aromatic rings. The molecule has 6 nitrogen and oxygen atoms in total. The zero-order chi connectivity index (χ0) is 19.4. The largest absolute Gasteiger partial charge is 0.479 e. The summed E-state index contributed by atoms with van der Waals surface area (Å²) in [5.74, 6) is -1.58. The molecule has 2 N–H and O–H groups in total. The van der Waals surface area contributed by atoms with E-state index in [1.807, 2.05) is 31.5 Å². The number of aliphatic carboxylic acids is 1. The SMILES string of the molecule is CCC(CC)n1nc(C(=O)NC(C(=O)O)c2cc(C)cc(C)c2)cc1C. The third kappa shape index (κ3) is 4.31. The average Bonchev–Trinajstić information content (AvgIpc) is 2.94. The van der Waals surface area contributed by atoms with E-state index in [0.717, 1.165) is 29.7 Å². The summed E-state index contributed by atoms with van der Waals surface area (Å²) in [5, 5.41) is 16.6. The molecule has 0 aliphatic carbocycles. The van der Waals surface area contributed by atoms with Crippen LogP contribution in [0.2, 0.25) is 0 Å². The molecule has 0 spiro atoms. The maximum atomic E-state index is 12.6. The number of aryl methyl sites for hydroxylation is 3. The monoisotopic (exact) mass is 357 g/mol. The number of carboxylic acid groups (broad SMARTS) is 1. The fourth-order valence-electron chi connectivity index (χ4n) is 3.27. The first kappa shape index (κ1) is 19.7. The minimum atomic E-state index is -1.11. The van der Waals surface area contributed by atoms with E-state index >= 15 is 0 Å². The van der Waals surface area contributed by atoms with Gasteiger partial charge in [-0.3, -0.25) is 9.48 Å². The maximum absolute atomic E-state index is 12.6. The van der Waals surface area contributed by atoms with Crippen molar-refractivity contribution in [2.45, 2.75) is 59.5 Å². The highest BCUT2D eigenvalue weighted by molar-refractivity contribution is 5.95. The van der Waals surface area contributed by atoms with Gasteiger partial charge in [0.2, 0.25) is 0 Å². The van der Waals surface area contributed by atoms with E-state index in [2.05, 4.69) is 24.3 Å². The molecule has 0 bridgehead atoms. The number of nitrogens with one attached hydrogen (secondary N) is 1. The Morgan fingerprint density at radius 1 is 1.08 bits per heavy atom. The van der Waals surface area contributed by atoms with Gasteiger partial charge in [-0.1, -0.05) is 43.2 Å². The second-order valence-corrected chi connectivity index (χ2v) is 6.75. The van der Waals surface area contributed by atoms with Gasteiger partial charge in [0.25, 0.3) is 5.91 Å². The normalized spacial score (nSPS) is 12.2. The molecule has 1 amide bonds. The number of hydrogen-bond acceptors (Lipinski definition) is 3.